The van der Waals surface area contributed by atoms with Crippen LogP contribution in [0.1, 0.15) is 42.6 Å². The monoisotopic (exact) mass is 459 g/mol. The zero-order valence-electron chi connectivity index (χ0n) is 17.0. The minimum Gasteiger partial charge on any atom is -0.348 e. The van der Waals surface area contributed by atoms with Crippen molar-refractivity contribution in [2.45, 2.75) is 38.1 Å². The van der Waals surface area contributed by atoms with E-state index < -0.39 is 17.0 Å². The summed E-state index contributed by atoms with van der Waals surface area (Å²) < 4.78 is 28.6. The Morgan fingerprint density at radius 1 is 1.19 bits per heavy atom. The van der Waals surface area contributed by atoms with Gasteiger partial charge in [0.1, 0.15) is 5.69 Å². The highest BCUT2D eigenvalue weighted by atomic mass is 35.5. The molecule has 166 valence electrons. The predicted octanol–water partition coefficient (Wildman–Crippen LogP) is 3.76. The predicted molar refractivity (Wildman–Crippen MR) is 113 cm³/mol. The highest BCUT2D eigenvalue weighted by Gasteiger charge is 2.49. The molecule has 2 aromatic heterocycles. The summed E-state index contributed by atoms with van der Waals surface area (Å²) in [6, 6.07) is 5.32. The summed E-state index contributed by atoms with van der Waals surface area (Å²) in [7, 11) is 0. The number of fused-ring (bicyclic) bond motifs is 1. The Morgan fingerprint density at radius 2 is 1.94 bits per heavy atom. The molecule has 7 nitrogen and oxygen atoms in total. The number of aromatic nitrogens is 3. The second kappa shape index (κ2) is 7.81. The van der Waals surface area contributed by atoms with Crippen LogP contribution < -0.4 is 10.2 Å². The number of rotatable bonds is 3. The molecule has 32 heavy (non-hydrogen) atoms. The number of carbonyl (C=O) groups excluding carboxylic acids is 2. The average Bonchev–Trinajstić information content (AvgIpc) is 3.35. The number of imidazole rings is 1. The van der Waals surface area contributed by atoms with Gasteiger partial charge in [0.15, 0.2) is 17.3 Å². The SMILES string of the molecule is O=C(N[C@H]1CC[C@@]2(CCN(c3cc(F)c(F)cc3Cl)C2=O)CC1)c1cnc2cccnn12. The fourth-order valence-electron chi connectivity index (χ4n) is 4.79. The number of carbonyl (C=O) groups is 2. The van der Waals surface area contributed by atoms with Crippen molar-refractivity contribution in [2.24, 2.45) is 5.41 Å². The molecule has 2 aliphatic rings. The first-order valence-electron chi connectivity index (χ1n) is 10.4. The Labute approximate surface area is 187 Å². The molecule has 1 aliphatic carbocycles. The third kappa shape index (κ3) is 3.40. The molecule has 0 bridgehead atoms. The van der Waals surface area contributed by atoms with Crippen LogP contribution in [-0.4, -0.2) is 39.0 Å². The van der Waals surface area contributed by atoms with Gasteiger partial charge in [0.25, 0.3) is 5.91 Å². The van der Waals surface area contributed by atoms with E-state index in [-0.39, 0.29) is 28.6 Å². The molecule has 1 spiro atoms. The van der Waals surface area contributed by atoms with Gasteiger partial charge in [0.05, 0.1) is 22.3 Å². The fraction of sp³-hybridized carbons (Fsp3) is 0.364. The maximum atomic E-state index is 13.7. The summed E-state index contributed by atoms with van der Waals surface area (Å²) in [5, 5.41) is 7.20. The molecule has 1 aromatic carbocycles. The summed E-state index contributed by atoms with van der Waals surface area (Å²) in [6.07, 6.45) is 6.17. The molecule has 0 atom stereocenters. The standard InChI is InChI=1S/C22H20ClF2N5O2/c23-14-10-15(24)16(25)11-17(14)29-9-7-22(21(29)32)5-3-13(4-6-22)28-20(31)18-12-26-19-2-1-8-27-30(18)19/h1-2,8,10-13H,3-7,9H2,(H,28,31)/t13-,22-. The molecule has 0 radical (unpaired) electrons. The van der Waals surface area contributed by atoms with Crippen molar-refractivity contribution in [1.82, 2.24) is 19.9 Å². The fourth-order valence-corrected chi connectivity index (χ4v) is 5.04. The maximum absolute atomic E-state index is 13.7. The second-order valence-electron chi connectivity index (χ2n) is 8.39. The van der Waals surface area contributed by atoms with Crippen molar-refractivity contribution in [3.8, 4) is 0 Å². The summed E-state index contributed by atoms with van der Waals surface area (Å²) in [5.74, 6) is -2.46. The third-order valence-electron chi connectivity index (χ3n) is 6.58. The smallest absolute Gasteiger partial charge is 0.271 e. The number of benzene rings is 1. The van der Waals surface area contributed by atoms with Gasteiger partial charge >= 0.3 is 0 Å². The zero-order chi connectivity index (χ0) is 22.5. The summed E-state index contributed by atoms with van der Waals surface area (Å²) in [5.41, 5.74) is 0.577. The van der Waals surface area contributed by atoms with Gasteiger partial charge in [0.2, 0.25) is 5.91 Å². The van der Waals surface area contributed by atoms with E-state index in [0.29, 0.717) is 50.0 Å². The lowest BCUT2D eigenvalue weighted by Crippen LogP contribution is -2.44. The molecule has 3 heterocycles. The van der Waals surface area contributed by atoms with Crippen molar-refractivity contribution in [3.63, 3.8) is 0 Å². The van der Waals surface area contributed by atoms with Gasteiger partial charge < -0.3 is 10.2 Å². The topological polar surface area (TPSA) is 79.6 Å². The maximum Gasteiger partial charge on any atom is 0.271 e. The lowest BCUT2D eigenvalue weighted by molar-refractivity contribution is -0.127. The summed E-state index contributed by atoms with van der Waals surface area (Å²) >= 11 is 6.08. The first kappa shape index (κ1) is 20.8. The van der Waals surface area contributed by atoms with E-state index in [0.717, 1.165) is 12.1 Å². The van der Waals surface area contributed by atoms with Crippen LogP contribution in [-0.2, 0) is 4.79 Å². The second-order valence-corrected chi connectivity index (χ2v) is 8.80. The molecule has 1 saturated heterocycles. The third-order valence-corrected chi connectivity index (χ3v) is 6.88. The van der Waals surface area contributed by atoms with Crippen molar-refractivity contribution in [1.29, 1.82) is 0 Å². The molecule has 2 fully saturated rings. The van der Waals surface area contributed by atoms with E-state index in [1.165, 1.54) is 15.6 Å². The van der Waals surface area contributed by atoms with E-state index in [1.807, 2.05) is 0 Å². The Bertz CT molecular complexity index is 1220. The average molecular weight is 460 g/mol. The van der Waals surface area contributed by atoms with E-state index in [1.54, 1.807) is 18.3 Å². The number of nitrogens with one attached hydrogen (secondary N) is 1. The molecule has 1 aliphatic heterocycles. The van der Waals surface area contributed by atoms with E-state index in [4.69, 9.17) is 11.6 Å². The van der Waals surface area contributed by atoms with Crippen LogP contribution in [0.15, 0.2) is 36.7 Å². The van der Waals surface area contributed by atoms with Crippen LogP contribution in [0.4, 0.5) is 14.5 Å². The van der Waals surface area contributed by atoms with Gasteiger partial charge in [-0.05, 0) is 50.3 Å². The van der Waals surface area contributed by atoms with Gasteiger partial charge in [-0.25, -0.2) is 18.3 Å². The minimum absolute atomic E-state index is 0.0110. The zero-order valence-corrected chi connectivity index (χ0v) is 17.8. The van der Waals surface area contributed by atoms with Crippen LogP contribution in [0.3, 0.4) is 0 Å². The molecule has 1 N–H and O–H groups in total. The Hall–Kier alpha value is -3.07. The quantitative estimate of drug-likeness (QED) is 0.605. The van der Waals surface area contributed by atoms with Crippen molar-refractivity contribution >= 4 is 34.7 Å². The first-order valence-corrected chi connectivity index (χ1v) is 10.8. The highest BCUT2D eigenvalue weighted by Crippen LogP contribution is 2.47. The Morgan fingerprint density at radius 3 is 2.72 bits per heavy atom. The molecule has 2 amide bonds. The first-order chi connectivity index (χ1) is 15.4. The van der Waals surface area contributed by atoms with Crippen molar-refractivity contribution in [2.75, 3.05) is 11.4 Å². The minimum atomic E-state index is -1.04. The summed E-state index contributed by atoms with van der Waals surface area (Å²) in [6.45, 7) is 0.397. The molecular formula is C22H20ClF2N5O2. The van der Waals surface area contributed by atoms with Crippen LogP contribution in [0.25, 0.3) is 5.65 Å². The van der Waals surface area contributed by atoms with Gasteiger partial charge in [-0.15, -0.1) is 0 Å². The largest absolute Gasteiger partial charge is 0.348 e. The van der Waals surface area contributed by atoms with Gasteiger partial charge in [-0.3, -0.25) is 9.59 Å². The number of hydrogen-bond acceptors (Lipinski definition) is 4. The van der Waals surface area contributed by atoms with E-state index >= 15 is 0 Å². The number of amides is 2. The molecule has 5 rings (SSSR count). The van der Waals surface area contributed by atoms with Gasteiger partial charge in [-0.2, -0.15) is 5.10 Å². The lowest BCUT2D eigenvalue weighted by atomic mass is 9.71. The Kier molecular flexibility index (Phi) is 5.08. The van der Waals surface area contributed by atoms with E-state index in [9.17, 15) is 18.4 Å². The molecule has 1 saturated carbocycles. The number of anilines is 1. The normalized spacial score (nSPS) is 23.3. The van der Waals surface area contributed by atoms with Crippen molar-refractivity contribution in [3.05, 3.63) is 59.0 Å². The van der Waals surface area contributed by atoms with Crippen LogP contribution in [0, 0.1) is 17.0 Å². The number of hydrogen-bond donors (Lipinski definition) is 1. The van der Waals surface area contributed by atoms with Gasteiger partial charge in [-0.1, -0.05) is 11.6 Å². The summed E-state index contributed by atoms with van der Waals surface area (Å²) in [4.78, 5) is 31.6. The van der Waals surface area contributed by atoms with Crippen LogP contribution in [0.2, 0.25) is 5.02 Å². The molecular weight excluding hydrogens is 440 g/mol. The van der Waals surface area contributed by atoms with Crippen LogP contribution >= 0.6 is 11.6 Å². The highest BCUT2D eigenvalue weighted by molar-refractivity contribution is 6.34. The van der Waals surface area contributed by atoms with Crippen molar-refractivity contribution < 1.29 is 18.4 Å². The number of nitrogens with zero attached hydrogens (tertiary/aromatic N) is 4. The molecule has 0 unspecified atom stereocenters. The van der Waals surface area contributed by atoms with Crippen LogP contribution in [0.5, 0.6) is 0 Å². The lowest BCUT2D eigenvalue weighted by Gasteiger charge is -2.36. The molecule has 10 heteroatoms. The molecule has 3 aromatic rings. The van der Waals surface area contributed by atoms with Gasteiger partial charge in [0, 0.05) is 24.8 Å². The number of halogens is 3. The van der Waals surface area contributed by atoms with E-state index in [2.05, 4.69) is 15.4 Å². The Balaban J connectivity index is 1.26.